The van der Waals surface area contributed by atoms with Crippen LogP contribution in [-0.4, -0.2) is 0 Å². The number of thiophene rings is 1. The molecule has 5 rings (SSSR count). The molecule has 0 bridgehead atoms. The van der Waals surface area contributed by atoms with Crippen molar-refractivity contribution in [1.29, 1.82) is 0 Å². The van der Waals surface area contributed by atoms with Crippen molar-refractivity contribution in [3.05, 3.63) is 53.1 Å². The fourth-order valence-electron chi connectivity index (χ4n) is 4.74. The first-order valence-corrected chi connectivity index (χ1v) is 9.04. The minimum atomic E-state index is 0.141. The number of benzene rings is 1. The largest absolute Gasteiger partial charge is 0.448 e. The van der Waals surface area contributed by atoms with Crippen LogP contribution in [0.15, 0.2) is 46.2 Å². The topological polar surface area (TPSA) is 16.4 Å². The highest BCUT2D eigenvalue weighted by atomic mass is 32.1. The molecule has 1 spiro atoms. The standard InChI is InChI=1S/C19H19NOS/c1-13-17-16(15-9-12-22-18(15)21-17)19(10-5-6-11-19)20(13)14-7-3-2-4-8-14/h2-4,7-9,12-13H,5-6,10-11H2,1H3. The molecule has 112 valence electrons. The van der Waals surface area contributed by atoms with Gasteiger partial charge in [-0.1, -0.05) is 31.0 Å². The number of furan rings is 1. The second-order valence-corrected chi connectivity index (χ2v) is 7.46. The highest BCUT2D eigenvalue weighted by Crippen LogP contribution is 2.59. The van der Waals surface area contributed by atoms with Crippen LogP contribution in [0.25, 0.3) is 10.3 Å². The first kappa shape index (κ1) is 12.8. The van der Waals surface area contributed by atoms with Gasteiger partial charge in [0.15, 0.2) is 4.90 Å². The van der Waals surface area contributed by atoms with Gasteiger partial charge < -0.3 is 9.32 Å². The van der Waals surface area contributed by atoms with Gasteiger partial charge in [0.1, 0.15) is 5.76 Å². The van der Waals surface area contributed by atoms with Gasteiger partial charge >= 0.3 is 0 Å². The summed E-state index contributed by atoms with van der Waals surface area (Å²) in [5.41, 5.74) is 2.95. The van der Waals surface area contributed by atoms with Gasteiger partial charge in [-0.15, -0.1) is 11.3 Å². The maximum atomic E-state index is 6.28. The molecule has 2 aliphatic rings. The Labute approximate surface area is 134 Å². The molecule has 3 heterocycles. The van der Waals surface area contributed by atoms with E-state index in [4.69, 9.17) is 4.42 Å². The fourth-order valence-corrected chi connectivity index (χ4v) is 5.50. The number of anilines is 1. The van der Waals surface area contributed by atoms with Gasteiger partial charge in [0, 0.05) is 16.6 Å². The van der Waals surface area contributed by atoms with Crippen molar-refractivity contribution < 1.29 is 4.42 Å². The molecule has 0 N–H and O–H groups in total. The first-order valence-electron chi connectivity index (χ1n) is 8.16. The molecule has 0 radical (unpaired) electrons. The zero-order chi connectivity index (χ0) is 14.7. The molecule has 0 saturated heterocycles. The monoisotopic (exact) mass is 309 g/mol. The van der Waals surface area contributed by atoms with E-state index in [9.17, 15) is 0 Å². The van der Waals surface area contributed by atoms with Gasteiger partial charge in [0.05, 0.1) is 11.6 Å². The van der Waals surface area contributed by atoms with Crippen molar-refractivity contribution in [3.8, 4) is 0 Å². The van der Waals surface area contributed by atoms with E-state index in [-0.39, 0.29) is 5.54 Å². The van der Waals surface area contributed by atoms with Gasteiger partial charge in [-0.3, -0.25) is 0 Å². The lowest BCUT2D eigenvalue weighted by molar-refractivity contribution is 0.411. The maximum Gasteiger partial charge on any atom is 0.188 e. The molecule has 1 fully saturated rings. The lowest BCUT2D eigenvalue weighted by Gasteiger charge is -2.40. The predicted octanol–water partition coefficient (Wildman–Crippen LogP) is 5.84. The van der Waals surface area contributed by atoms with Crippen LogP contribution in [-0.2, 0) is 5.54 Å². The smallest absolute Gasteiger partial charge is 0.188 e. The summed E-state index contributed by atoms with van der Waals surface area (Å²) in [6, 6.07) is 13.4. The number of hydrogen-bond acceptors (Lipinski definition) is 3. The number of fused-ring (bicyclic) bond motifs is 4. The van der Waals surface area contributed by atoms with Gasteiger partial charge in [-0.25, -0.2) is 0 Å². The Bertz CT molecular complexity index is 826. The normalized spacial score (nSPS) is 22.8. The highest BCUT2D eigenvalue weighted by Gasteiger charge is 2.53. The van der Waals surface area contributed by atoms with Crippen LogP contribution in [0.4, 0.5) is 5.69 Å². The summed E-state index contributed by atoms with van der Waals surface area (Å²) >= 11 is 1.73. The van der Waals surface area contributed by atoms with Gasteiger partial charge in [0.2, 0.25) is 0 Å². The third-order valence-electron chi connectivity index (χ3n) is 5.51. The van der Waals surface area contributed by atoms with E-state index in [1.165, 1.54) is 48.1 Å². The van der Waals surface area contributed by atoms with Gasteiger partial charge in [-0.2, -0.15) is 0 Å². The molecule has 2 aromatic heterocycles. The van der Waals surface area contributed by atoms with Crippen LogP contribution in [0.5, 0.6) is 0 Å². The summed E-state index contributed by atoms with van der Waals surface area (Å²) in [7, 11) is 0. The van der Waals surface area contributed by atoms with Crippen molar-refractivity contribution in [1.82, 2.24) is 0 Å². The Morgan fingerprint density at radius 2 is 1.91 bits per heavy atom. The second kappa shape index (κ2) is 4.39. The van der Waals surface area contributed by atoms with Crippen molar-refractivity contribution in [2.24, 2.45) is 0 Å². The molecule has 1 aliphatic carbocycles. The molecule has 1 aliphatic heterocycles. The molecule has 3 heteroatoms. The number of para-hydroxylation sites is 1. The lowest BCUT2D eigenvalue weighted by Crippen LogP contribution is -2.40. The second-order valence-electron chi connectivity index (χ2n) is 6.58. The summed E-state index contributed by atoms with van der Waals surface area (Å²) in [6.07, 6.45) is 5.10. The summed E-state index contributed by atoms with van der Waals surface area (Å²) < 4.78 is 6.28. The Morgan fingerprint density at radius 3 is 2.68 bits per heavy atom. The van der Waals surface area contributed by atoms with Crippen LogP contribution < -0.4 is 4.90 Å². The molecule has 1 saturated carbocycles. The van der Waals surface area contributed by atoms with Crippen molar-refractivity contribution in [2.45, 2.75) is 44.2 Å². The van der Waals surface area contributed by atoms with Gasteiger partial charge in [0.25, 0.3) is 0 Å². The molecule has 1 unspecified atom stereocenters. The maximum absolute atomic E-state index is 6.28. The van der Waals surface area contributed by atoms with E-state index >= 15 is 0 Å². The van der Waals surface area contributed by atoms with E-state index in [1.54, 1.807) is 11.3 Å². The van der Waals surface area contributed by atoms with Gasteiger partial charge in [-0.05, 0) is 43.3 Å². The Kier molecular flexibility index (Phi) is 2.55. The van der Waals surface area contributed by atoms with E-state index < -0.39 is 0 Å². The summed E-state index contributed by atoms with van der Waals surface area (Å²) in [5.74, 6) is 1.20. The molecular formula is C19H19NOS. The number of hydrogen-bond donors (Lipinski definition) is 0. The molecule has 1 aromatic carbocycles. The van der Waals surface area contributed by atoms with Crippen molar-refractivity contribution >= 4 is 27.3 Å². The average Bonchev–Trinajstić information content (AvgIpc) is 3.26. The Morgan fingerprint density at radius 1 is 1.14 bits per heavy atom. The first-order chi connectivity index (χ1) is 10.8. The third kappa shape index (κ3) is 1.45. The lowest BCUT2D eigenvalue weighted by atomic mass is 9.88. The molecule has 2 nitrogen and oxygen atoms in total. The van der Waals surface area contributed by atoms with E-state index in [1.807, 2.05) is 0 Å². The Hall–Kier alpha value is -1.74. The van der Waals surface area contributed by atoms with E-state index in [2.05, 4.69) is 53.6 Å². The minimum absolute atomic E-state index is 0.141. The van der Waals surface area contributed by atoms with Crippen molar-refractivity contribution in [2.75, 3.05) is 4.90 Å². The fraction of sp³-hybridized carbons (Fsp3) is 0.368. The molecule has 3 aromatic rings. The van der Waals surface area contributed by atoms with Crippen LogP contribution in [0, 0.1) is 0 Å². The molecule has 22 heavy (non-hydrogen) atoms. The average molecular weight is 309 g/mol. The van der Waals surface area contributed by atoms with Crippen LogP contribution in [0.3, 0.4) is 0 Å². The van der Waals surface area contributed by atoms with Crippen LogP contribution in [0.1, 0.15) is 50.0 Å². The molecule has 0 amide bonds. The van der Waals surface area contributed by atoms with Crippen molar-refractivity contribution in [3.63, 3.8) is 0 Å². The molecule has 1 atom stereocenters. The predicted molar refractivity (Wildman–Crippen MR) is 91.6 cm³/mol. The summed E-state index contributed by atoms with van der Waals surface area (Å²) in [4.78, 5) is 3.74. The minimum Gasteiger partial charge on any atom is -0.448 e. The zero-order valence-corrected chi connectivity index (χ0v) is 13.5. The highest BCUT2D eigenvalue weighted by molar-refractivity contribution is 7.16. The summed E-state index contributed by atoms with van der Waals surface area (Å²) in [5, 5.41) is 3.51. The Balaban J connectivity index is 1.78. The number of rotatable bonds is 1. The van der Waals surface area contributed by atoms with E-state index in [0.717, 1.165) is 4.90 Å². The quantitative estimate of drug-likeness (QED) is 0.561. The zero-order valence-electron chi connectivity index (χ0n) is 12.7. The van der Waals surface area contributed by atoms with Crippen LogP contribution >= 0.6 is 11.3 Å². The van der Waals surface area contributed by atoms with E-state index in [0.29, 0.717) is 6.04 Å². The SMILES string of the molecule is CC1c2oc3sccc3c2C2(CCCC2)N1c1ccccc1. The summed E-state index contributed by atoms with van der Waals surface area (Å²) in [6.45, 7) is 2.30. The van der Waals surface area contributed by atoms with Crippen LogP contribution in [0.2, 0.25) is 0 Å². The number of nitrogens with zero attached hydrogens (tertiary/aromatic N) is 1. The molecular weight excluding hydrogens is 290 g/mol. The third-order valence-corrected chi connectivity index (χ3v) is 6.30.